The van der Waals surface area contributed by atoms with Crippen LogP contribution in [0, 0.1) is 18.8 Å². The number of aromatic carboxylic acids is 1. The molecule has 7 heteroatoms. The number of carbonyl (C=O) groups is 1. The van der Waals surface area contributed by atoms with E-state index in [1.165, 1.54) is 11.3 Å². The summed E-state index contributed by atoms with van der Waals surface area (Å²) in [5.41, 5.74) is 1.82. The lowest BCUT2D eigenvalue weighted by molar-refractivity contribution is 0.0689. The summed E-state index contributed by atoms with van der Waals surface area (Å²) in [5, 5.41) is 14.7. The summed E-state index contributed by atoms with van der Waals surface area (Å²) in [7, 11) is 0. The van der Waals surface area contributed by atoms with Crippen molar-refractivity contribution in [3.8, 4) is 28.1 Å². The van der Waals surface area contributed by atoms with Crippen LogP contribution in [-0.4, -0.2) is 20.9 Å². The molecule has 0 unspecified atom stereocenters. The van der Waals surface area contributed by atoms with Gasteiger partial charge >= 0.3 is 5.97 Å². The summed E-state index contributed by atoms with van der Waals surface area (Å²) in [6, 6.07) is 8.91. The van der Waals surface area contributed by atoms with E-state index in [1.807, 2.05) is 12.1 Å². The first kappa shape index (κ1) is 20.5. The Morgan fingerprint density at radius 1 is 1.29 bits per heavy atom. The van der Waals surface area contributed by atoms with Crippen LogP contribution in [0.1, 0.15) is 47.1 Å². The number of unbranched alkanes of at least 4 members (excludes halogenated alkanes) is 2. The standard InChI is InChI=1S/C21H18Cl2N2O2S/c1-3-4-5-6-7-15-9-11-18(28-15)20-13(2)19(21(26)27)24-25(20)17-10-8-14(22)12-16(17)23/h8-12H,3-5H2,1-2H3,(H,26,27). The number of benzene rings is 1. The Balaban J connectivity index is 2.11. The molecular formula is C21H18Cl2N2O2S. The van der Waals surface area contributed by atoms with Gasteiger partial charge in [0.1, 0.15) is 0 Å². The predicted molar refractivity (Wildman–Crippen MR) is 115 cm³/mol. The molecule has 3 aromatic rings. The fourth-order valence-corrected chi connectivity index (χ4v) is 4.22. The maximum atomic E-state index is 11.6. The number of aromatic nitrogens is 2. The molecule has 4 nitrogen and oxygen atoms in total. The van der Waals surface area contributed by atoms with E-state index in [4.69, 9.17) is 23.2 Å². The highest BCUT2D eigenvalue weighted by molar-refractivity contribution is 7.16. The highest BCUT2D eigenvalue weighted by atomic mass is 35.5. The first-order chi connectivity index (χ1) is 13.4. The van der Waals surface area contributed by atoms with Crippen LogP contribution in [0.15, 0.2) is 30.3 Å². The number of carboxylic acid groups (broad SMARTS) is 1. The zero-order valence-electron chi connectivity index (χ0n) is 15.4. The third-order valence-electron chi connectivity index (χ3n) is 4.17. The van der Waals surface area contributed by atoms with Crippen molar-refractivity contribution in [3.63, 3.8) is 0 Å². The average molecular weight is 433 g/mol. The van der Waals surface area contributed by atoms with Crippen LogP contribution in [0.2, 0.25) is 10.0 Å². The molecule has 1 N–H and O–H groups in total. The van der Waals surface area contributed by atoms with Crippen molar-refractivity contribution in [1.82, 2.24) is 9.78 Å². The van der Waals surface area contributed by atoms with Gasteiger partial charge in [-0.3, -0.25) is 0 Å². The zero-order valence-corrected chi connectivity index (χ0v) is 17.8. The van der Waals surface area contributed by atoms with E-state index in [0.717, 1.165) is 29.0 Å². The highest BCUT2D eigenvalue weighted by Crippen LogP contribution is 2.36. The zero-order chi connectivity index (χ0) is 20.3. The Kier molecular flexibility index (Phi) is 6.46. The molecule has 1 aromatic carbocycles. The van der Waals surface area contributed by atoms with Crippen molar-refractivity contribution in [2.45, 2.75) is 33.1 Å². The summed E-state index contributed by atoms with van der Waals surface area (Å²) < 4.78 is 1.57. The summed E-state index contributed by atoms with van der Waals surface area (Å²) in [6.45, 7) is 3.88. The third kappa shape index (κ3) is 4.25. The van der Waals surface area contributed by atoms with Gasteiger partial charge in [-0.05, 0) is 43.7 Å². The number of hydrogen-bond donors (Lipinski definition) is 1. The SMILES string of the molecule is CCCCC#Cc1ccc(-c2c(C)c(C(=O)O)nn2-c2ccc(Cl)cc2Cl)s1. The van der Waals surface area contributed by atoms with Crippen molar-refractivity contribution in [2.75, 3.05) is 0 Å². The third-order valence-corrected chi connectivity index (χ3v) is 5.71. The lowest BCUT2D eigenvalue weighted by atomic mass is 10.1. The minimum absolute atomic E-state index is 0.00926. The molecule has 2 heterocycles. The lowest BCUT2D eigenvalue weighted by Gasteiger charge is -2.09. The molecule has 28 heavy (non-hydrogen) atoms. The number of hydrogen-bond acceptors (Lipinski definition) is 3. The van der Waals surface area contributed by atoms with Gasteiger partial charge in [-0.15, -0.1) is 11.3 Å². The van der Waals surface area contributed by atoms with Crippen molar-refractivity contribution in [3.05, 3.63) is 56.5 Å². The van der Waals surface area contributed by atoms with Crippen LogP contribution in [0.3, 0.4) is 0 Å². The van der Waals surface area contributed by atoms with E-state index >= 15 is 0 Å². The molecule has 0 saturated carbocycles. The maximum Gasteiger partial charge on any atom is 0.356 e. The van der Waals surface area contributed by atoms with Gasteiger partial charge < -0.3 is 5.11 Å². The number of carboxylic acids is 1. The van der Waals surface area contributed by atoms with Crippen molar-refractivity contribution in [1.29, 1.82) is 0 Å². The van der Waals surface area contributed by atoms with Crippen LogP contribution < -0.4 is 0 Å². The van der Waals surface area contributed by atoms with Gasteiger partial charge in [0.2, 0.25) is 0 Å². The van der Waals surface area contributed by atoms with Crippen molar-refractivity contribution in [2.24, 2.45) is 0 Å². The molecule has 0 aliphatic heterocycles. The smallest absolute Gasteiger partial charge is 0.356 e. The normalized spacial score (nSPS) is 10.6. The highest BCUT2D eigenvalue weighted by Gasteiger charge is 2.23. The van der Waals surface area contributed by atoms with Gasteiger partial charge in [0, 0.05) is 17.0 Å². The minimum Gasteiger partial charge on any atom is -0.476 e. The van der Waals surface area contributed by atoms with E-state index in [0.29, 0.717) is 27.0 Å². The van der Waals surface area contributed by atoms with Crippen molar-refractivity contribution < 1.29 is 9.90 Å². The molecule has 0 aliphatic rings. The Bertz CT molecular complexity index is 1090. The molecule has 2 aromatic heterocycles. The Morgan fingerprint density at radius 2 is 2.07 bits per heavy atom. The molecule has 0 aliphatic carbocycles. The van der Waals surface area contributed by atoms with E-state index in [-0.39, 0.29) is 5.69 Å². The molecule has 3 rings (SSSR count). The second-order valence-corrected chi connectivity index (χ2v) is 8.13. The minimum atomic E-state index is -1.08. The first-order valence-corrected chi connectivity index (χ1v) is 10.4. The van der Waals surface area contributed by atoms with Gasteiger partial charge in [-0.25, -0.2) is 9.48 Å². The van der Waals surface area contributed by atoms with Gasteiger partial charge in [0.05, 0.1) is 26.2 Å². The van der Waals surface area contributed by atoms with E-state index < -0.39 is 5.97 Å². The number of thiophene rings is 1. The Hall–Kier alpha value is -2.26. The summed E-state index contributed by atoms with van der Waals surface area (Å²) >= 11 is 13.9. The maximum absolute atomic E-state index is 11.6. The van der Waals surface area contributed by atoms with Gasteiger partial charge in [-0.1, -0.05) is 48.4 Å². The van der Waals surface area contributed by atoms with Gasteiger partial charge in [0.25, 0.3) is 0 Å². The first-order valence-electron chi connectivity index (χ1n) is 8.79. The second-order valence-electron chi connectivity index (χ2n) is 6.20. The van der Waals surface area contributed by atoms with E-state index in [9.17, 15) is 9.90 Å². The molecule has 0 amide bonds. The molecule has 0 bridgehead atoms. The van der Waals surface area contributed by atoms with Gasteiger partial charge in [0.15, 0.2) is 5.69 Å². The van der Waals surface area contributed by atoms with Crippen LogP contribution in [0.5, 0.6) is 0 Å². The topological polar surface area (TPSA) is 55.1 Å². The summed E-state index contributed by atoms with van der Waals surface area (Å²) in [5.74, 6) is 5.27. The largest absolute Gasteiger partial charge is 0.476 e. The van der Waals surface area contributed by atoms with Crippen LogP contribution in [-0.2, 0) is 0 Å². The fourth-order valence-electron chi connectivity index (χ4n) is 2.76. The number of nitrogens with zero attached hydrogens (tertiary/aromatic N) is 2. The average Bonchev–Trinajstić information content (AvgIpc) is 3.23. The molecule has 144 valence electrons. The number of rotatable bonds is 5. The number of halogens is 2. The molecule has 0 radical (unpaired) electrons. The fraction of sp³-hybridized carbons (Fsp3) is 0.238. The molecule has 0 atom stereocenters. The Morgan fingerprint density at radius 3 is 2.75 bits per heavy atom. The van der Waals surface area contributed by atoms with Crippen LogP contribution in [0.4, 0.5) is 0 Å². The Labute approximate surface area is 177 Å². The van der Waals surface area contributed by atoms with Gasteiger partial charge in [-0.2, -0.15) is 5.10 Å². The monoisotopic (exact) mass is 432 g/mol. The van der Waals surface area contributed by atoms with Crippen molar-refractivity contribution >= 4 is 40.5 Å². The predicted octanol–water partition coefficient (Wildman–Crippen LogP) is 6.46. The van der Waals surface area contributed by atoms with E-state index in [1.54, 1.807) is 29.8 Å². The van der Waals surface area contributed by atoms with Crippen LogP contribution >= 0.6 is 34.5 Å². The summed E-state index contributed by atoms with van der Waals surface area (Å²) in [6.07, 6.45) is 3.06. The van der Waals surface area contributed by atoms with E-state index in [2.05, 4.69) is 23.9 Å². The molecule has 0 spiro atoms. The van der Waals surface area contributed by atoms with Crippen LogP contribution in [0.25, 0.3) is 16.3 Å². The molecular weight excluding hydrogens is 415 g/mol. The second kappa shape index (κ2) is 8.83. The quantitative estimate of drug-likeness (QED) is 0.371. The molecule has 0 saturated heterocycles. The lowest BCUT2D eigenvalue weighted by Crippen LogP contribution is -2.02. The molecule has 0 fully saturated rings. The summed E-state index contributed by atoms with van der Waals surface area (Å²) in [4.78, 5) is 13.5.